The quantitative estimate of drug-likeness (QED) is 0.875. The van der Waals surface area contributed by atoms with Crippen LogP contribution in [0.1, 0.15) is 30.1 Å². The Morgan fingerprint density at radius 3 is 2.76 bits per heavy atom. The number of fused-ring (bicyclic) bond motifs is 2. The predicted molar refractivity (Wildman–Crippen MR) is 80.8 cm³/mol. The van der Waals surface area contributed by atoms with Gasteiger partial charge in [-0.2, -0.15) is 0 Å². The number of carboxylic acid groups (broad SMARTS) is 1. The van der Waals surface area contributed by atoms with Gasteiger partial charge in [-0.05, 0) is 12.5 Å². The third-order valence-corrected chi connectivity index (χ3v) is 4.00. The van der Waals surface area contributed by atoms with Gasteiger partial charge in [0.2, 0.25) is 6.79 Å². The molecule has 0 saturated heterocycles. The second kappa shape index (κ2) is 5.37. The predicted octanol–water partition coefficient (Wildman–Crippen LogP) is 3.60. The van der Waals surface area contributed by atoms with Crippen molar-refractivity contribution in [2.45, 2.75) is 26.3 Å². The lowest BCUT2D eigenvalue weighted by molar-refractivity contribution is 0.0695. The first-order valence-electron chi connectivity index (χ1n) is 6.82. The number of nitrogens with zero attached hydrogens (tertiary/aromatic N) is 1. The molecule has 110 valence electrons. The average Bonchev–Trinajstić information content (AvgIpc) is 2.92. The van der Waals surface area contributed by atoms with E-state index >= 15 is 0 Å². The summed E-state index contributed by atoms with van der Waals surface area (Å²) in [4.78, 5) is 11.4. The van der Waals surface area contributed by atoms with Gasteiger partial charge in [0.25, 0.3) is 0 Å². The highest BCUT2D eigenvalue weighted by Gasteiger charge is 2.18. The number of ether oxygens (including phenoxy) is 2. The van der Waals surface area contributed by atoms with Crippen molar-refractivity contribution in [3.05, 3.63) is 28.4 Å². The molecule has 0 unspecified atom stereocenters. The van der Waals surface area contributed by atoms with Crippen LogP contribution in [-0.2, 0) is 6.54 Å². The third kappa shape index (κ3) is 2.35. The van der Waals surface area contributed by atoms with Crippen molar-refractivity contribution in [1.29, 1.82) is 0 Å². The molecule has 6 heteroatoms. The van der Waals surface area contributed by atoms with Crippen LogP contribution in [0.15, 0.2) is 18.3 Å². The highest BCUT2D eigenvalue weighted by atomic mass is 32.1. The van der Waals surface area contributed by atoms with Gasteiger partial charge in [0.15, 0.2) is 11.5 Å². The van der Waals surface area contributed by atoms with Crippen LogP contribution in [0.25, 0.3) is 10.9 Å². The van der Waals surface area contributed by atoms with Gasteiger partial charge >= 0.3 is 5.97 Å². The number of pyridine rings is 1. The molecule has 2 aromatic rings. The molecule has 21 heavy (non-hydrogen) atoms. The first kappa shape index (κ1) is 13.9. The van der Waals surface area contributed by atoms with Gasteiger partial charge in [0, 0.05) is 24.2 Å². The number of carboxylic acids is 1. The minimum Gasteiger partial charge on any atom is -0.478 e. The Bertz CT molecular complexity index is 781. The zero-order valence-corrected chi connectivity index (χ0v) is 12.4. The molecule has 1 aromatic heterocycles. The summed E-state index contributed by atoms with van der Waals surface area (Å²) in [6.07, 6.45) is 3.60. The summed E-state index contributed by atoms with van der Waals surface area (Å²) in [5, 5.41) is 10.0. The van der Waals surface area contributed by atoms with Crippen LogP contribution in [0, 0.1) is 4.51 Å². The van der Waals surface area contributed by atoms with Crippen LogP contribution in [0.5, 0.6) is 11.5 Å². The van der Waals surface area contributed by atoms with E-state index in [1.165, 1.54) is 0 Å². The minimum absolute atomic E-state index is 0.146. The summed E-state index contributed by atoms with van der Waals surface area (Å²) >= 11 is 5.32. The van der Waals surface area contributed by atoms with Crippen LogP contribution in [0.2, 0.25) is 0 Å². The molecule has 3 rings (SSSR count). The van der Waals surface area contributed by atoms with Crippen LogP contribution in [-0.4, -0.2) is 22.4 Å². The van der Waals surface area contributed by atoms with Crippen LogP contribution in [0.4, 0.5) is 0 Å². The second-order valence-electron chi connectivity index (χ2n) is 4.95. The van der Waals surface area contributed by atoms with E-state index in [2.05, 4.69) is 6.92 Å². The van der Waals surface area contributed by atoms with Gasteiger partial charge in [-0.1, -0.05) is 25.6 Å². The van der Waals surface area contributed by atoms with Gasteiger partial charge in [-0.25, -0.2) is 4.79 Å². The first-order valence-corrected chi connectivity index (χ1v) is 7.22. The lowest BCUT2D eigenvalue weighted by Crippen LogP contribution is -2.07. The summed E-state index contributed by atoms with van der Waals surface area (Å²) in [5.74, 6) is 0.271. The molecule has 5 nitrogen and oxygen atoms in total. The van der Waals surface area contributed by atoms with E-state index in [-0.39, 0.29) is 12.4 Å². The molecule has 0 amide bonds. The number of carbonyl (C=O) groups is 1. The van der Waals surface area contributed by atoms with Crippen LogP contribution < -0.4 is 9.47 Å². The van der Waals surface area contributed by atoms with E-state index in [1.54, 1.807) is 12.3 Å². The molecular weight excluding hydrogens is 290 g/mol. The Labute approximate surface area is 126 Å². The first-order chi connectivity index (χ1) is 10.1. The van der Waals surface area contributed by atoms with E-state index in [1.807, 2.05) is 10.6 Å². The number of benzene rings is 1. The average molecular weight is 305 g/mol. The Morgan fingerprint density at radius 2 is 2.10 bits per heavy atom. The summed E-state index contributed by atoms with van der Waals surface area (Å²) in [6.45, 7) is 3.01. The molecule has 0 radical (unpaired) electrons. The Morgan fingerprint density at radius 1 is 1.38 bits per heavy atom. The van der Waals surface area contributed by atoms with Crippen molar-refractivity contribution in [3.8, 4) is 11.5 Å². The van der Waals surface area contributed by atoms with Crippen LogP contribution >= 0.6 is 12.2 Å². The topological polar surface area (TPSA) is 60.7 Å². The van der Waals surface area contributed by atoms with Gasteiger partial charge in [0.1, 0.15) is 0 Å². The lowest BCUT2D eigenvalue weighted by atomic mass is 10.1. The van der Waals surface area contributed by atoms with E-state index in [0.717, 1.165) is 24.9 Å². The Kier molecular flexibility index (Phi) is 3.55. The number of hydrogen-bond donors (Lipinski definition) is 1. The van der Waals surface area contributed by atoms with Crippen molar-refractivity contribution in [2.75, 3.05) is 6.79 Å². The van der Waals surface area contributed by atoms with Crippen molar-refractivity contribution in [3.63, 3.8) is 0 Å². The largest absolute Gasteiger partial charge is 0.478 e. The number of hydrogen-bond acceptors (Lipinski definition) is 4. The highest BCUT2D eigenvalue weighted by Crippen LogP contribution is 2.37. The monoisotopic (exact) mass is 305 g/mol. The molecule has 1 N–H and O–H groups in total. The molecule has 1 aromatic carbocycles. The molecule has 0 aliphatic carbocycles. The zero-order valence-electron chi connectivity index (χ0n) is 11.6. The SMILES string of the molecule is CCCCn1cc(C(=O)O)c(=S)c2cc3c(cc21)OCO3. The van der Waals surface area contributed by atoms with Gasteiger partial charge in [-0.3, -0.25) is 0 Å². The molecule has 0 atom stereocenters. The summed E-state index contributed by atoms with van der Waals surface area (Å²) in [7, 11) is 0. The van der Waals surface area contributed by atoms with Crippen molar-refractivity contribution in [1.82, 2.24) is 4.57 Å². The number of aromatic carboxylic acids is 1. The number of rotatable bonds is 4. The van der Waals surface area contributed by atoms with Gasteiger partial charge in [0.05, 0.1) is 15.6 Å². The lowest BCUT2D eigenvalue weighted by Gasteiger charge is -2.13. The number of aryl methyl sites for hydroxylation is 1. The molecule has 0 bridgehead atoms. The van der Waals surface area contributed by atoms with E-state index in [4.69, 9.17) is 21.7 Å². The van der Waals surface area contributed by atoms with Crippen molar-refractivity contribution >= 4 is 29.1 Å². The fourth-order valence-electron chi connectivity index (χ4n) is 2.45. The van der Waals surface area contributed by atoms with E-state index in [0.29, 0.717) is 21.4 Å². The van der Waals surface area contributed by atoms with E-state index in [9.17, 15) is 9.90 Å². The maximum absolute atomic E-state index is 11.4. The number of unbranched alkanes of at least 4 members (excludes halogenated alkanes) is 1. The Hall–Kier alpha value is -2.08. The highest BCUT2D eigenvalue weighted by molar-refractivity contribution is 7.71. The van der Waals surface area contributed by atoms with E-state index < -0.39 is 5.97 Å². The second-order valence-corrected chi connectivity index (χ2v) is 5.35. The van der Waals surface area contributed by atoms with Crippen molar-refractivity contribution in [2.24, 2.45) is 0 Å². The molecule has 1 aliphatic rings. The smallest absolute Gasteiger partial charge is 0.338 e. The molecule has 1 aliphatic heterocycles. The summed E-state index contributed by atoms with van der Waals surface area (Å²) in [6, 6.07) is 3.64. The number of aromatic nitrogens is 1. The van der Waals surface area contributed by atoms with Crippen LogP contribution in [0.3, 0.4) is 0 Å². The zero-order chi connectivity index (χ0) is 15.0. The molecular formula is C15H15NO4S. The molecule has 2 heterocycles. The summed E-state index contributed by atoms with van der Waals surface area (Å²) < 4.78 is 13.0. The summed E-state index contributed by atoms with van der Waals surface area (Å²) in [5.41, 5.74) is 1.02. The minimum atomic E-state index is -1.01. The van der Waals surface area contributed by atoms with Gasteiger partial charge in [-0.15, -0.1) is 0 Å². The maximum atomic E-state index is 11.4. The third-order valence-electron chi connectivity index (χ3n) is 3.56. The fraction of sp³-hybridized carbons (Fsp3) is 0.333. The fourth-order valence-corrected chi connectivity index (χ4v) is 2.75. The standard InChI is InChI=1S/C15H15NO4S/c1-2-3-4-16-7-10(15(17)18)14(21)9-5-12-13(6-11(9)16)20-8-19-12/h5-7H,2-4,8H2,1H3,(H,17,18). The normalized spacial score (nSPS) is 12.8. The maximum Gasteiger partial charge on any atom is 0.338 e. The molecule has 0 fully saturated rings. The van der Waals surface area contributed by atoms with Gasteiger partial charge < -0.3 is 19.1 Å². The molecule has 0 saturated carbocycles. The Balaban J connectivity index is 2.30. The van der Waals surface area contributed by atoms with Crippen molar-refractivity contribution < 1.29 is 19.4 Å². The molecule has 0 spiro atoms.